The molecule has 0 aliphatic rings. The smallest absolute Gasteiger partial charge is 0.266 e. The molecule has 0 saturated heterocycles. The quantitative estimate of drug-likeness (QED) is 0.420. The predicted molar refractivity (Wildman–Crippen MR) is 114 cm³/mol. The Bertz CT molecular complexity index is 1150. The van der Waals surface area contributed by atoms with Gasteiger partial charge in [-0.25, -0.2) is 4.98 Å². The summed E-state index contributed by atoms with van der Waals surface area (Å²) >= 11 is 9.19. The lowest BCUT2D eigenvalue weighted by Crippen LogP contribution is -2.16. The number of hydrogen-bond donors (Lipinski definition) is 0. The molecule has 0 saturated carbocycles. The van der Waals surface area contributed by atoms with Crippen molar-refractivity contribution < 1.29 is 0 Å². The Balaban J connectivity index is 1.62. The minimum atomic E-state index is -0.350. The first-order chi connectivity index (χ1) is 13.2. The molecular weight excluding hydrogens is 398 g/mol. The summed E-state index contributed by atoms with van der Waals surface area (Å²) in [7, 11) is 0. The molecule has 2 aromatic heterocycles. The number of fused-ring (bicyclic) bond motifs is 1. The van der Waals surface area contributed by atoms with E-state index in [1.807, 2.05) is 54.6 Å². The molecule has 4 aromatic rings. The Kier molecular flexibility index (Phi) is 5.38. The largest absolute Gasteiger partial charge is 0.294 e. The van der Waals surface area contributed by atoms with Gasteiger partial charge in [0.2, 0.25) is 4.96 Å². The van der Waals surface area contributed by atoms with Crippen LogP contribution < -0.4 is 5.56 Å². The van der Waals surface area contributed by atoms with Crippen molar-refractivity contribution in [1.29, 1.82) is 0 Å². The topological polar surface area (TPSA) is 47.3 Å². The van der Waals surface area contributed by atoms with Crippen LogP contribution in [0.2, 0.25) is 5.02 Å². The van der Waals surface area contributed by atoms with Crippen molar-refractivity contribution in [1.82, 2.24) is 14.6 Å². The van der Waals surface area contributed by atoms with Crippen molar-refractivity contribution >= 4 is 51.8 Å². The number of thioether (sulfide) groups is 1. The lowest BCUT2D eigenvalue weighted by atomic mass is 10.2. The van der Waals surface area contributed by atoms with E-state index >= 15 is 0 Å². The van der Waals surface area contributed by atoms with Crippen LogP contribution in [-0.4, -0.2) is 14.6 Å². The minimum Gasteiger partial charge on any atom is -0.266 e. The van der Waals surface area contributed by atoms with Crippen LogP contribution in [0.15, 0.2) is 69.8 Å². The lowest BCUT2D eigenvalue weighted by Gasteiger charge is -1.98. The third-order valence-corrected chi connectivity index (χ3v) is 6.27. The van der Waals surface area contributed by atoms with Crippen LogP contribution in [-0.2, 0) is 5.75 Å². The van der Waals surface area contributed by atoms with E-state index < -0.39 is 0 Å². The Hall–Kier alpha value is -2.41. The van der Waals surface area contributed by atoms with Gasteiger partial charge in [0.1, 0.15) is 5.02 Å². The maximum absolute atomic E-state index is 12.5. The molecule has 0 spiro atoms. The normalized spacial score (nSPS) is 11.4. The van der Waals surface area contributed by atoms with Gasteiger partial charge in [-0.2, -0.15) is 4.52 Å². The van der Waals surface area contributed by atoms with Crippen molar-refractivity contribution in [2.75, 3.05) is 0 Å². The van der Waals surface area contributed by atoms with Gasteiger partial charge in [-0.05, 0) is 17.2 Å². The number of benzene rings is 2. The van der Waals surface area contributed by atoms with E-state index in [4.69, 9.17) is 11.6 Å². The Labute approximate surface area is 169 Å². The molecule has 0 fully saturated rings. The zero-order chi connectivity index (χ0) is 18.6. The summed E-state index contributed by atoms with van der Waals surface area (Å²) in [6, 6.07) is 19.9. The van der Waals surface area contributed by atoms with Gasteiger partial charge in [0.15, 0.2) is 4.34 Å². The summed E-state index contributed by atoms with van der Waals surface area (Å²) < 4.78 is 2.06. The van der Waals surface area contributed by atoms with Crippen LogP contribution in [0.1, 0.15) is 16.8 Å². The number of halogens is 1. The van der Waals surface area contributed by atoms with E-state index in [0.29, 0.717) is 10.7 Å². The monoisotopic (exact) mass is 411 g/mol. The number of rotatable bonds is 5. The predicted octanol–water partition coefficient (Wildman–Crippen LogP) is 5.27. The third-order valence-electron chi connectivity index (χ3n) is 3.80. The van der Waals surface area contributed by atoms with Gasteiger partial charge < -0.3 is 0 Å². The second-order valence-corrected chi connectivity index (χ2v) is 8.25. The van der Waals surface area contributed by atoms with Gasteiger partial charge >= 0.3 is 0 Å². The molecule has 2 heterocycles. The molecule has 4 nitrogen and oxygen atoms in total. The van der Waals surface area contributed by atoms with Gasteiger partial charge in [0.05, 0.1) is 5.69 Å². The van der Waals surface area contributed by atoms with Gasteiger partial charge in [-0.15, -0.1) is 5.10 Å². The highest BCUT2D eigenvalue weighted by atomic mass is 35.5. The summed E-state index contributed by atoms with van der Waals surface area (Å²) in [6.07, 6.45) is 3.64. The summed E-state index contributed by atoms with van der Waals surface area (Å²) in [5.41, 5.74) is 2.32. The van der Waals surface area contributed by atoms with Crippen LogP contribution >= 0.6 is 34.7 Å². The minimum absolute atomic E-state index is 0.0737. The Morgan fingerprint density at radius 3 is 2.48 bits per heavy atom. The molecule has 0 N–H and O–H groups in total. The van der Waals surface area contributed by atoms with Crippen molar-refractivity contribution in [3.8, 4) is 0 Å². The van der Waals surface area contributed by atoms with Gasteiger partial charge in [-0.1, -0.05) is 101 Å². The van der Waals surface area contributed by atoms with Crippen LogP contribution in [0, 0.1) is 0 Å². The van der Waals surface area contributed by atoms with Crippen molar-refractivity contribution in [3.63, 3.8) is 0 Å². The zero-order valence-electron chi connectivity index (χ0n) is 14.1. The summed E-state index contributed by atoms with van der Waals surface area (Å²) in [4.78, 5) is 17.6. The fourth-order valence-electron chi connectivity index (χ4n) is 2.45. The molecule has 4 rings (SSSR count). The first-order valence-corrected chi connectivity index (χ1v) is 10.4. The SMILES string of the molecule is O=c1c(Cl)c(/C=C/c2ccccc2)nc2sc(SCc3ccccc3)nn12. The molecule has 0 unspecified atom stereocenters. The second kappa shape index (κ2) is 8.08. The Morgan fingerprint density at radius 1 is 1.04 bits per heavy atom. The van der Waals surface area contributed by atoms with E-state index in [1.165, 1.54) is 21.4 Å². The van der Waals surface area contributed by atoms with Crippen molar-refractivity contribution in [2.24, 2.45) is 0 Å². The van der Waals surface area contributed by atoms with E-state index in [0.717, 1.165) is 15.7 Å². The average Bonchev–Trinajstić information content (AvgIpc) is 3.13. The maximum Gasteiger partial charge on any atom is 0.294 e. The first-order valence-electron chi connectivity index (χ1n) is 8.20. The molecule has 0 radical (unpaired) electrons. The molecule has 7 heteroatoms. The molecule has 0 bridgehead atoms. The molecule has 134 valence electrons. The van der Waals surface area contributed by atoms with Crippen molar-refractivity contribution in [3.05, 3.63) is 92.9 Å². The molecule has 2 aromatic carbocycles. The second-order valence-electron chi connectivity index (χ2n) is 5.70. The first kappa shape index (κ1) is 18.0. The summed E-state index contributed by atoms with van der Waals surface area (Å²) in [5.74, 6) is 0.782. The molecule has 27 heavy (non-hydrogen) atoms. The fourth-order valence-corrected chi connectivity index (χ4v) is 4.53. The highest BCUT2D eigenvalue weighted by molar-refractivity contribution is 8.00. The zero-order valence-corrected chi connectivity index (χ0v) is 16.5. The van der Waals surface area contributed by atoms with Gasteiger partial charge in [0.25, 0.3) is 5.56 Å². The highest BCUT2D eigenvalue weighted by Gasteiger charge is 2.13. The number of aromatic nitrogens is 3. The average molecular weight is 412 g/mol. The van der Waals surface area contributed by atoms with Crippen LogP contribution in [0.25, 0.3) is 17.1 Å². The summed E-state index contributed by atoms with van der Waals surface area (Å²) in [5, 5.41) is 4.44. The van der Waals surface area contributed by atoms with Gasteiger partial charge in [-0.3, -0.25) is 4.79 Å². The lowest BCUT2D eigenvalue weighted by molar-refractivity contribution is 0.856. The fraction of sp³-hybridized carbons (Fsp3) is 0.0500. The third kappa shape index (κ3) is 4.13. The molecular formula is C20H14ClN3OS2. The highest BCUT2D eigenvalue weighted by Crippen LogP contribution is 2.27. The van der Waals surface area contributed by atoms with Crippen LogP contribution in [0.5, 0.6) is 0 Å². The molecule has 0 aliphatic heterocycles. The van der Waals surface area contributed by atoms with Crippen LogP contribution in [0.3, 0.4) is 0 Å². The van der Waals surface area contributed by atoms with Crippen molar-refractivity contribution in [2.45, 2.75) is 10.1 Å². The molecule has 0 atom stereocenters. The molecule has 0 amide bonds. The Morgan fingerprint density at radius 2 is 1.74 bits per heavy atom. The number of nitrogens with zero attached hydrogens (tertiary/aromatic N) is 3. The van der Waals surface area contributed by atoms with Gasteiger partial charge in [0, 0.05) is 5.75 Å². The maximum atomic E-state index is 12.5. The summed E-state index contributed by atoms with van der Waals surface area (Å²) in [6.45, 7) is 0. The standard InChI is InChI=1S/C20H14ClN3OS2/c21-17-16(12-11-14-7-3-1-4-8-14)22-19-24(18(17)25)23-20(27-19)26-13-15-9-5-2-6-10-15/h1-12H,13H2/b12-11+. The number of hydrogen-bond acceptors (Lipinski definition) is 5. The van der Waals surface area contributed by atoms with E-state index in [2.05, 4.69) is 22.2 Å². The van der Waals surface area contributed by atoms with E-state index in [-0.39, 0.29) is 10.6 Å². The van der Waals surface area contributed by atoms with E-state index in [1.54, 1.807) is 17.8 Å². The molecule has 0 aliphatic carbocycles. The van der Waals surface area contributed by atoms with E-state index in [9.17, 15) is 4.79 Å². The van der Waals surface area contributed by atoms with Crippen LogP contribution in [0.4, 0.5) is 0 Å².